The van der Waals surface area contributed by atoms with E-state index in [0.717, 1.165) is 32.1 Å². The Kier molecular flexibility index (Phi) is 16.7. The van der Waals surface area contributed by atoms with Crippen molar-refractivity contribution in [3.63, 3.8) is 0 Å². The maximum atomic E-state index is 12.1. The molecule has 0 spiro atoms. The molecule has 414 valence electrons. The normalized spacial score (nSPS) is 54.9. The van der Waals surface area contributed by atoms with E-state index in [2.05, 4.69) is 26.8 Å². The van der Waals surface area contributed by atoms with Gasteiger partial charge in [-0.15, -0.1) is 0 Å². The SMILES string of the molecule is CC1C2C(CC3C4CC=C5C[C@@H](O[C@@H]6O[C@H](CO)[C@@H](O[C@@H]7O[C@@H](CO)[C@H](O)[C@H]7O)[C@H](O)[C@H]6O[C@@H]6O[C@@H](C)[C@H](O)[C@@H](O)[C@H]6O)CC[C@]5(C)C4CC[C@@]32C)OC1(O)CC[C@@H](C)CO[C@@H]1O[C@H](CO)[C@@H](O)[C@H](O)[C@H]1O. The predicted molar refractivity (Wildman–Crippen MR) is 244 cm³/mol. The van der Waals surface area contributed by atoms with Gasteiger partial charge in [-0.2, -0.15) is 0 Å². The largest absolute Gasteiger partial charge is 0.394 e. The first-order valence-corrected chi connectivity index (χ1v) is 26.3. The van der Waals surface area contributed by atoms with Crippen LogP contribution in [0, 0.1) is 46.3 Å². The summed E-state index contributed by atoms with van der Waals surface area (Å²) in [5, 5.41) is 138. The summed E-state index contributed by atoms with van der Waals surface area (Å²) in [6, 6.07) is 0. The first-order valence-electron chi connectivity index (χ1n) is 26.3. The Morgan fingerprint density at radius 2 is 1.25 bits per heavy atom. The Morgan fingerprint density at radius 1 is 0.653 bits per heavy atom. The van der Waals surface area contributed by atoms with E-state index in [1.54, 1.807) is 0 Å². The standard InChI is InChI=1S/C50H82O22/c1-20(19-64-44-39(60)37(58)34(55)29(16-51)67-44)8-13-50(63)21(2)32-28(72-50)15-27-25-7-6-23-14-24(9-11-48(23,4)26(25)10-12-49(27,32)5)66-47-43(71-45-40(61)36(57)33(54)22(3)65-45)41(62)42(31(18-53)69-47)70-46-38(59)35(56)30(17-52)68-46/h6,20-22,24-47,51-63H,7-19H2,1-5H3/t20-,21?,22+,24+,25?,26?,27?,28?,29-,30+,31-,32?,33+,34-,35+,36-,37+,38-,39-,40-,41+,42-,43-,44-,45+,46+,47-,48+,49+,50?/m1/s1. The third-order valence-corrected chi connectivity index (χ3v) is 19.2. The van der Waals surface area contributed by atoms with Crippen molar-refractivity contribution in [1.29, 1.82) is 0 Å². The van der Waals surface area contributed by atoms with Gasteiger partial charge in [0.15, 0.2) is 30.9 Å². The third-order valence-electron chi connectivity index (χ3n) is 19.2. The fourth-order valence-corrected chi connectivity index (χ4v) is 14.8. The average molecular weight is 1040 g/mol. The molecule has 72 heavy (non-hydrogen) atoms. The minimum absolute atomic E-state index is 0.0571. The molecule has 0 radical (unpaired) electrons. The lowest BCUT2D eigenvalue weighted by molar-refractivity contribution is -0.380. The molecule has 0 aromatic rings. The van der Waals surface area contributed by atoms with Gasteiger partial charge in [0.05, 0.1) is 44.7 Å². The van der Waals surface area contributed by atoms with Crippen molar-refractivity contribution in [2.45, 2.75) is 227 Å². The molecule has 0 aromatic heterocycles. The summed E-state index contributed by atoms with van der Waals surface area (Å²) in [7, 11) is 0. The predicted octanol–water partition coefficient (Wildman–Crippen LogP) is -2.37. The van der Waals surface area contributed by atoms with E-state index in [1.165, 1.54) is 12.5 Å². The van der Waals surface area contributed by atoms with Gasteiger partial charge in [-0.3, -0.25) is 0 Å². The van der Waals surface area contributed by atoms with Gasteiger partial charge >= 0.3 is 0 Å². The number of aliphatic hydroxyl groups excluding tert-OH is 12. The number of ether oxygens (including phenoxy) is 9. The number of allylic oxidation sites excluding steroid dienone is 1. The summed E-state index contributed by atoms with van der Waals surface area (Å²) in [4.78, 5) is 0. The molecule has 7 unspecified atom stereocenters. The molecule has 0 aromatic carbocycles. The number of rotatable bonds is 15. The van der Waals surface area contributed by atoms with E-state index >= 15 is 0 Å². The van der Waals surface area contributed by atoms with E-state index in [-0.39, 0.29) is 41.3 Å². The summed E-state index contributed by atoms with van der Waals surface area (Å²) in [5.41, 5.74) is 1.07. The summed E-state index contributed by atoms with van der Waals surface area (Å²) >= 11 is 0. The molecule has 0 bridgehead atoms. The van der Waals surface area contributed by atoms with Crippen LogP contribution in [0.3, 0.4) is 0 Å². The molecule has 9 aliphatic rings. The topological polar surface area (TPSA) is 346 Å². The van der Waals surface area contributed by atoms with Crippen molar-refractivity contribution in [3.8, 4) is 0 Å². The van der Waals surface area contributed by atoms with Crippen LogP contribution in [-0.2, 0) is 42.6 Å². The van der Waals surface area contributed by atoms with Crippen molar-refractivity contribution in [2.24, 2.45) is 46.3 Å². The molecule has 3 saturated carbocycles. The van der Waals surface area contributed by atoms with Gasteiger partial charge < -0.3 is 109 Å². The highest BCUT2D eigenvalue weighted by Crippen LogP contribution is 2.70. The molecule has 0 amide bonds. The summed E-state index contributed by atoms with van der Waals surface area (Å²) in [5.74, 6) is -0.222. The molecule has 5 saturated heterocycles. The molecule has 13 N–H and O–H groups in total. The second-order valence-electron chi connectivity index (χ2n) is 23.3. The highest BCUT2D eigenvalue weighted by molar-refractivity contribution is 5.26. The number of hydrogen-bond acceptors (Lipinski definition) is 22. The van der Waals surface area contributed by atoms with Crippen molar-refractivity contribution >= 4 is 0 Å². The van der Waals surface area contributed by atoms with Gasteiger partial charge in [-0.05, 0) is 98.7 Å². The van der Waals surface area contributed by atoms with Crippen molar-refractivity contribution < 1.29 is 109 Å². The van der Waals surface area contributed by atoms with Crippen LogP contribution in [0.4, 0.5) is 0 Å². The lowest BCUT2D eigenvalue weighted by Crippen LogP contribution is -2.65. The van der Waals surface area contributed by atoms with Crippen molar-refractivity contribution in [3.05, 3.63) is 11.6 Å². The van der Waals surface area contributed by atoms with Gasteiger partial charge in [-0.1, -0.05) is 39.3 Å². The Balaban J connectivity index is 0.843. The zero-order valence-electron chi connectivity index (χ0n) is 41.8. The minimum atomic E-state index is -1.74. The van der Waals surface area contributed by atoms with Crippen LogP contribution in [0.5, 0.6) is 0 Å². The van der Waals surface area contributed by atoms with Gasteiger partial charge in [0.1, 0.15) is 85.5 Å². The molecular weight excluding hydrogens is 953 g/mol. The van der Waals surface area contributed by atoms with Crippen LogP contribution >= 0.6 is 0 Å². The molecule has 8 fully saturated rings. The third kappa shape index (κ3) is 9.80. The highest BCUT2D eigenvalue weighted by atomic mass is 16.8. The Bertz CT molecular complexity index is 1860. The summed E-state index contributed by atoms with van der Waals surface area (Å²) in [6.45, 7) is 8.58. The van der Waals surface area contributed by atoms with E-state index in [4.69, 9.17) is 42.6 Å². The van der Waals surface area contributed by atoms with Crippen LogP contribution in [0.15, 0.2) is 11.6 Å². The maximum Gasteiger partial charge on any atom is 0.187 e. The molecular formula is C50H82O22. The minimum Gasteiger partial charge on any atom is -0.394 e. The van der Waals surface area contributed by atoms with Crippen LogP contribution < -0.4 is 0 Å². The van der Waals surface area contributed by atoms with Crippen LogP contribution in [0.1, 0.15) is 92.4 Å². The molecule has 22 nitrogen and oxygen atoms in total. The number of aliphatic hydroxyl groups is 13. The molecule has 4 aliphatic carbocycles. The van der Waals surface area contributed by atoms with Gasteiger partial charge in [-0.25, -0.2) is 0 Å². The van der Waals surface area contributed by atoms with Crippen LogP contribution in [-0.4, -0.2) is 228 Å². The fraction of sp³-hybridized carbons (Fsp3) is 0.960. The van der Waals surface area contributed by atoms with Crippen LogP contribution in [0.2, 0.25) is 0 Å². The Hall–Kier alpha value is -1.14. The Morgan fingerprint density at radius 3 is 1.94 bits per heavy atom. The summed E-state index contributed by atoms with van der Waals surface area (Å²) < 4.78 is 54.3. The van der Waals surface area contributed by atoms with Crippen molar-refractivity contribution in [2.75, 3.05) is 26.4 Å². The van der Waals surface area contributed by atoms with E-state index < -0.39 is 148 Å². The monoisotopic (exact) mass is 1030 g/mol. The van der Waals surface area contributed by atoms with Crippen LogP contribution in [0.25, 0.3) is 0 Å². The molecule has 9 rings (SSSR count). The average Bonchev–Trinajstić information content (AvgIpc) is 3.91. The molecule has 5 aliphatic heterocycles. The Labute approximate surface area is 419 Å². The summed E-state index contributed by atoms with van der Waals surface area (Å²) in [6.07, 6.45) is -18.8. The first-order chi connectivity index (χ1) is 34.1. The second-order valence-corrected chi connectivity index (χ2v) is 23.3. The molecule has 30 atom stereocenters. The van der Waals surface area contributed by atoms with Gasteiger partial charge in [0.25, 0.3) is 0 Å². The fourth-order valence-electron chi connectivity index (χ4n) is 14.8. The zero-order chi connectivity index (χ0) is 51.9. The second kappa shape index (κ2) is 21.6. The lowest BCUT2D eigenvalue weighted by Gasteiger charge is -2.58. The highest BCUT2D eigenvalue weighted by Gasteiger charge is 2.68. The smallest absolute Gasteiger partial charge is 0.187 e. The van der Waals surface area contributed by atoms with Crippen molar-refractivity contribution in [1.82, 2.24) is 0 Å². The van der Waals surface area contributed by atoms with E-state index in [9.17, 15) is 66.4 Å². The van der Waals surface area contributed by atoms with E-state index in [1.807, 2.05) is 6.92 Å². The van der Waals surface area contributed by atoms with E-state index in [0.29, 0.717) is 43.4 Å². The number of fused-ring (bicyclic) bond motifs is 7. The zero-order valence-corrected chi connectivity index (χ0v) is 41.8. The maximum absolute atomic E-state index is 12.1. The molecule has 22 heteroatoms. The quantitative estimate of drug-likeness (QED) is 0.0763. The number of hydrogen-bond donors (Lipinski definition) is 13. The van der Waals surface area contributed by atoms with Gasteiger partial charge in [0, 0.05) is 12.3 Å². The van der Waals surface area contributed by atoms with Gasteiger partial charge in [0.2, 0.25) is 0 Å². The molecule has 5 heterocycles. The lowest BCUT2D eigenvalue weighted by atomic mass is 9.47. The first kappa shape index (κ1) is 55.6.